The van der Waals surface area contributed by atoms with Gasteiger partial charge in [0, 0.05) is 12.6 Å². The average molecular weight is 205 g/mol. The van der Waals surface area contributed by atoms with Crippen LogP contribution in [0.4, 0.5) is 5.69 Å². The molecule has 0 unspecified atom stereocenters. The maximum atomic E-state index is 10.8. The Morgan fingerprint density at radius 1 is 1.40 bits per heavy atom. The molecule has 15 heavy (non-hydrogen) atoms. The number of amides is 1. The van der Waals surface area contributed by atoms with Gasteiger partial charge in [-0.25, -0.2) is 0 Å². The molecule has 1 rings (SSSR count). The van der Waals surface area contributed by atoms with Crippen molar-refractivity contribution in [2.24, 2.45) is 0 Å². The highest BCUT2D eigenvalue weighted by atomic mass is 16.5. The molecule has 0 fully saturated rings. The predicted molar refractivity (Wildman–Crippen MR) is 61.1 cm³/mol. The second-order valence-corrected chi connectivity index (χ2v) is 3.09. The first-order valence-electron chi connectivity index (χ1n) is 4.84. The molecule has 0 aliphatic carbocycles. The van der Waals surface area contributed by atoms with Gasteiger partial charge in [0.2, 0.25) is 5.91 Å². The summed E-state index contributed by atoms with van der Waals surface area (Å²) in [5.74, 6) is 0.722. The van der Waals surface area contributed by atoms with Crippen LogP contribution in [0.5, 0.6) is 5.75 Å². The first-order valence-corrected chi connectivity index (χ1v) is 4.84. The summed E-state index contributed by atoms with van der Waals surface area (Å²) in [5, 5.41) is 2.69. The van der Waals surface area contributed by atoms with Gasteiger partial charge in [0.25, 0.3) is 0 Å². The van der Waals surface area contributed by atoms with Gasteiger partial charge in [-0.1, -0.05) is 12.2 Å². The van der Waals surface area contributed by atoms with Crippen molar-refractivity contribution in [2.75, 3.05) is 11.9 Å². The van der Waals surface area contributed by atoms with Crippen molar-refractivity contribution in [3.63, 3.8) is 0 Å². The minimum absolute atomic E-state index is 0.0717. The van der Waals surface area contributed by atoms with Crippen LogP contribution < -0.4 is 10.1 Å². The summed E-state index contributed by atoms with van der Waals surface area (Å²) in [6.07, 6.45) is 3.87. The number of hydrogen-bond acceptors (Lipinski definition) is 2. The van der Waals surface area contributed by atoms with Crippen LogP contribution in [-0.4, -0.2) is 12.5 Å². The van der Waals surface area contributed by atoms with E-state index in [1.54, 1.807) is 0 Å². The van der Waals surface area contributed by atoms with Crippen LogP contribution in [-0.2, 0) is 4.79 Å². The topological polar surface area (TPSA) is 38.3 Å². The van der Waals surface area contributed by atoms with E-state index in [0.717, 1.165) is 11.4 Å². The lowest BCUT2D eigenvalue weighted by Gasteiger charge is -2.05. The monoisotopic (exact) mass is 205 g/mol. The van der Waals surface area contributed by atoms with Crippen molar-refractivity contribution in [1.29, 1.82) is 0 Å². The van der Waals surface area contributed by atoms with Crippen LogP contribution in [0.3, 0.4) is 0 Å². The van der Waals surface area contributed by atoms with E-state index in [2.05, 4.69) is 5.32 Å². The molecule has 1 N–H and O–H groups in total. The fraction of sp³-hybridized carbons (Fsp3) is 0.250. The molecule has 0 heterocycles. The fourth-order valence-corrected chi connectivity index (χ4v) is 1.08. The van der Waals surface area contributed by atoms with Crippen LogP contribution in [0.2, 0.25) is 0 Å². The number of anilines is 1. The molecular weight excluding hydrogens is 190 g/mol. The highest BCUT2D eigenvalue weighted by Crippen LogP contribution is 2.15. The molecule has 1 amide bonds. The number of allylic oxidation sites excluding steroid dienone is 1. The maximum Gasteiger partial charge on any atom is 0.221 e. The molecule has 0 bridgehead atoms. The van der Waals surface area contributed by atoms with Crippen molar-refractivity contribution in [3.8, 4) is 5.75 Å². The van der Waals surface area contributed by atoms with Crippen molar-refractivity contribution in [2.45, 2.75) is 13.8 Å². The Morgan fingerprint density at radius 3 is 2.60 bits per heavy atom. The van der Waals surface area contributed by atoms with Crippen molar-refractivity contribution in [1.82, 2.24) is 0 Å². The molecule has 3 heteroatoms. The number of carbonyl (C=O) groups is 1. The molecule has 0 spiro atoms. The maximum absolute atomic E-state index is 10.8. The minimum Gasteiger partial charge on any atom is -0.490 e. The lowest BCUT2D eigenvalue weighted by molar-refractivity contribution is -0.114. The average Bonchev–Trinajstić information content (AvgIpc) is 2.20. The van der Waals surface area contributed by atoms with Crippen molar-refractivity contribution < 1.29 is 9.53 Å². The standard InChI is InChI=1S/C12H15NO2/c1-3-4-9-15-12-7-5-11(6-8-12)13-10(2)14/h3-8H,9H2,1-2H3,(H,13,14)/b4-3-. The zero-order chi connectivity index (χ0) is 11.1. The Kier molecular flexibility index (Phi) is 4.41. The summed E-state index contributed by atoms with van der Waals surface area (Å²) >= 11 is 0. The van der Waals surface area contributed by atoms with Crippen molar-refractivity contribution in [3.05, 3.63) is 36.4 Å². The van der Waals surface area contributed by atoms with Gasteiger partial charge in [-0.15, -0.1) is 0 Å². The second-order valence-electron chi connectivity index (χ2n) is 3.09. The van der Waals surface area contributed by atoms with Crippen LogP contribution >= 0.6 is 0 Å². The Bertz CT molecular complexity index is 341. The minimum atomic E-state index is -0.0717. The van der Waals surface area contributed by atoms with Gasteiger partial charge in [-0.05, 0) is 31.2 Å². The third kappa shape index (κ3) is 4.31. The molecule has 0 aliphatic heterocycles. The third-order valence-electron chi connectivity index (χ3n) is 1.76. The number of carbonyl (C=O) groups excluding carboxylic acids is 1. The molecule has 3 nitrogen and oxygen atoms in total. The van der Waals surface area contributed by atoms with E-state index in [1.807, 2.05) is 43.3 Å². The fourth-order valence-electron chi connectivity index (χ4n) is 1.08. The van der Waals surface area contributed by atoms with Crippen LogP contribution in [0.25, 0.3) is 0 Å². The molecule has 0 aliphatic rings. The van der Waals surface area contributed by atoms with Gasteiger partial charge >= 0.3 is 0 Å². The van der Waals surface area contributed by atoms with Gasteiger partial charge < -0.3 is 10.1 Å². The van der Waals surface area contributed by atoms with E-state index in [9.17, 15) is 4.79 Å². The molecule has 0 atom stereocenters. The van der Waals surface area contributed by atoms with Crippen LogP contribution in [0, 0.1) is 0 Å². The molecule has 0 radical (unpaired) electrons. The second kappa shape index (κ2) is 5.86. The van der Waals surface area contributed by atoms with Gasteiger partial charge in [0.15, 0.2) is 0 Å². The Labute approximate surface area is 89.8 Å². The van der Waals surface area contributed by atoms with Crippen LogP contribution in [0.1, 0.15) is 13.8 Å². The van der Waals surface area contributed by atoms with E-state index in [4.69, 9.17) is 4.74 Å². The van der Waals surface area contributed by atoms with E-state index in [-0.39, 0.29) is 5.91 Å². The van der Waals surface area contributed by atoms with Gasteiger partial charge in [0.1, 0.15) is 12.4 Å². The lowest BCUT2D eigenvalue weighted by atomic mass is 10.3. The first-order chi connectivity index (χ1) is 7.22. The summed E-state index contributed by atoms with van der Waals surface area (Å²) in [5.41, 5.74) is 0.779. The molecule has 1 aromatic rings. The van der Waals surface area contributed by atoms with Crippen molar-refractivity contribution >= 4 is 11.6 Å². The highest BCUT2D eigenvalue weighted by Gasteiger charge is 1.95. The number of hydrogen-bond donors (Lipinski definition) is 1. The summed E-state index contributed by atoms with van der Waals surface area (Å²) in [4.78, 5) is 10.8. The van der Waals surface area contributed by atoms with E-state index < -0.39 is 0 Å². The summed E-state index contributed by atoms with van der Waals surface area (Å²) in [7, 11) is 0. The van der Waals surface area contributed by atoms with E-state index >= 15 is 0 Å². The molecule has 1 aromatic carbocycles. The molecule has 0 saturated heterocycles. The van der Waals surface area contributed by atoms with Gasteiger partial charge in [-0.3, -0.25) is 4.79 Å². The Balaban J connectivity index is 2.52. The predicted octanol–water partition coefficient (Wildman–Crippen LogP) is 2.60. The number of ether oxygens (including phenoxy) is 1. The van der Waals surface area contributed by atoms with Gasteiger partial charge in [-0.2, -0.15) is 0 Å². The van der Waals surface area contributed by atoms with Gasteiger partial charge in [0.05, 0.1) is 0 Å². The highest BCUT2D eigenvalue weighted by molar-refractivity contribution is 5.88. The first kappa shape index (κ1) is 11.3. The quantitative estimate of drug-likeness (QED) is 0.767. The third-order valence-corrected chi connectivity index (χ3v) is 1.76. The largest absolute Gasteiger partial charge is 0.490 e. The number of nitrogens with one attached hydrogen (secondary N) is 1. The van der Waals surface area contributed by atoms with Crippen LogP contribution in [0.15, 0.2) is 36.4 Å². The molecule has 80 valence electrons. The summed E-state index contributed by atoms with van der Waals surface area (Å²) in [6, 6.07) is 7.28. The zero-order valence-corrected chi connectivity index (χ0v) is 8.99. The number of rotatable bonds is 4. The summed E-state index contributed by atoms with van der Waals surface area (Å²) < 4.78 is 5.41. The lowest BCUT2D eigenvalue weighted by Crippen LogP contribution is -2.05. The van der Waals surface area contributed by atoms with E-state index in [0.29, 0.717) is 6.61 Å². The normalized spacial score (nSPS) is 10.3. The smallest absolute Gasteiger partial charge is 0.221 e. The Morgan fingerprint density at radius 2 is 2.07 bits per heavy atom. The number of benzene rings is 1. The SMILES string of the molecule is C/C=C\COc1ccc(NC(C)=O)cc1. The molecule has 0 saturated carbocycles. The Hall–Kier alpha value is -1.77. The summed E-state index contributed by atoms with van der Waals surface area (Å²) in [6.45, 7) is 4.00. The van der Waals surface area contributed by atoms with E-state index in [1.165, 1.54) is 6.92 Å². The molecule has 0 aromatic heterocycles. The molecular formula is C12H15NO2. The zero-order valence-electron chi connectivity index (χ0n) is 8.99.